The Balaban J connectivity index is 1.77. The maximum atomic E-state index is 12.7. The van der Waals surface area contributed by atoms with Crippen molar-refractivity contribution in [3.8, 4) is 0 Å². The van der Waals surface area contributed by atoms with E-state index in [0.717, 1.165) is 5.69 Å². The number of carbonyl (C=O) groups is 2. The van der Waals surface area contributed by atoms with E-state index in [1.807, 2.05) is 12.1 Å². The van der Waals surface area contributed by atoms with Crippen molar-refractivity contribution in [2.24, 2.45) is 0 Å². The summed E-state index contributed by atoms with van der Waals surface area (Å²) in [4.78, 5) is 27.3. The molecule has 0 aliphatic rings. The molecule has 0 unspecified atom stereocenters. The standard InChI is InChI=1S/C15H14FN3O2/c16-11-4-6-13(7-5-11)19-15(21)14(20)18-10-8-12-3-1-2-9-17-12/h1-7,9H,8,10H2,(H,18,20)(H,19,21). The third-order valence-corrected chi connectivity index (χ3v) is 2.70. The predicted octanol–water partition coefficient (Wildman–Crippen LogP) is 1.52. The molecule has 0 spiro atoms. The van der Waals surface area contributed by atoms with Crippen LogP contribution in [0.1, 0.15) is 5.69 Å². The van der Waals surface area contributed by atoms with E-state index < -0.39 is 17.6 Å². The fourth-order valence-electron chi connectivity index (χ4n) is 1.65. The highest BCUT2D eigenvalue weighted by molar-refractivity contribution is 6.39. The number of pyridine rings is 1. The molecule has 0 saturated heterocycles. The molecule has 1 aromatic carbocycles. The van der Waals surface area contributed by atoms with Crippen LogP contribution in [-0.2, 0) is 16.0 Å². The number of halogens is 1. The normalized spacial score (nSPS) is 9.95. The van der Waals surface area contributed by atoms with Gasteiger partial charge in [-0.15, -0.1) is 0 Å². The van der Waals surface area contributed by atoms with Gasteiger partial charge in [0, 0.05) is 30.5 Å². The Labute approximate surface area is 121 Å². The summed E-state index contributed by atoms with van der Waals surface area (Å²) in [5.74, 6) is -1.94. The lowest BCUT2D eigenvalue weighted by Gasteiger charge is -2.06. The Kier molecular flexibility index (Phi) is 4.98. The predicted molar refractivity (Wildman–Crippen MR) is 76.0 cm³/mol. The van der Waals surface area contributed by atoms with Gasteiger partial charge >= 0.3 is 11.8 Å². The van der Waals surface area contributed by atoms with Crippen LogP contribution in [0.3, 0.4) is 0 Å². The van der Waals surface area contributed by atoms with Crippen LogP contribution in [-0.4, -0.2) is 23.3 Å². The van der Waals surface area contributed by atoms with Crippen molar-refractivity contribution in [3.05, 3.63) is 60.2 Å². The van der Waals surface area contributed by atoms with Gasteiger partial charge in [-0.2, -0.15) is 0 Å². The van der Waals surface area contributed by atoms with Crippen LogP contribution in [0, 0.1) is 5.82 Å². The van der Waals surface area contributed by atoms with Gasteiger partial charge in [0.25, 0.3) is 0 Å². The molecule has 0 atom stereocenters. The van der Waals surface area contributed by atoms with E-state index in [0.29, 0.717) is 18.7 Å². The number of anilines is 1. The molecule has 2 N–H and O–H groups in total. The van der Waals surface area contributed by atoms with E-state index >= 15 is 0 Å². The SMILES string of the molecule is O=C(NCCc1ccccn1)C(=O)Nc1ccc(F)cc1. The molecule has 108 valence electrons. The van der Waals surface area contributed by atoms with Crippen LogP contribution < -0.4 is 10.6 Å². The molecule has 0 fully saturated rings. The van der Waals surface area contributed by atoms with Crippen LogP contribution in [0.25, 0.3) is 0 Å². The first-order valence-electron chi connectivity index (χ1n) is 6.40. The number of benzene rings is 1. The van der Waals surface area contributed by atoms with E-state index in [1.54, 1.807) is 12.3 Å². The molecule has 0 radical (unpaired) electrons. The van der Waals surface area contributed by atoms with Crippen LogP contribution in [0.4, 0.5) is 10.1 Å². The van der Waals surface area contributed by atoms with Crippen molar-refractivity contribution < 1.29 is 14.0 Å². The second-order valence-electron chi connectivity index (χ2n) is 4.29. The summed E-state index contributed by atoms with van der Waals surface area (Å²) < 4.78 is 12.7. The van der Waals surface area contributed by atoms with E-state index in [4.69, 9.17) is 0 Å². The van der Waals surface area contributed by atoms with Crippen molar-refractivity contribution >= 4 is 17.5 Å². The molecule has 5 nitrogen and oxygen atoms in total. The van der Waals surface area contributed by atoms with Gasteiger partial charge in [-0.25, -0.2) is 4.39 Å². The van der Waals surface area contributed by atoms with Gasteiger partial charge in [-0.1, -0.05) is 6.07 Å². The average molecular weight is 287 g/mol. The quantitative estimate of drug-likeness (QED) is 0.838. The maximum Gasteiger partial charge on any atom is 0.313 e. The highest BCUT2D eigenvalue weighted by atomic mass is 19.1. The first kappa shape index (κ1) is 14.6. The monoisotopic (exact) mass is 287 g/mol. The van der Waals surface area contributed by atoms with Crippen LogP contribution in [0.2, 0.25) is 0 Å². The summed E-state index contributed by atoms with van der Waals surface area (Å²) in [7, 11) is 0. The summed E-state index contributed by atoms with van der Waals surface area (Å²) in [6.45, 7) is 0.312. The van der Waals surface area contributed by atoms with Crippen LogP contribution >= 0.6 is 0 Å². The van der Waals surface area contributed by atoms with Crippen LogP contribution in [0.5, 0.6) is 0 Å². The number of nitrogens with one attached hydrogen (secondary N) is 2. The van der Waals surface area contributed by atoms with Crippen molar-refractivity contribution in [3.63, 3.8) is 0 Å². The molecule has 0 bridgehead atoms. The van der Waals surface area contributed by atoms with Gasteiger partial charge in [0.15, 0.2) is 0 Å². The number of aromatic nitrogens is 1. The second kappa shape index (κ2) is 7.14. The van der Waals surface area contributed by atoms with Gasteiger partial charge < -0.3 is 10.6 Å². The van der Waals surface area contributed by atoms with Crippen molar-refractivity contribution in [2.45, 2.75) is 6.42 Å². The molecule has 0 aliphatic heterocycles. The fourth-order valence-corrected chi connectivity index (χ4v) is 1.65. The summed E-state index contributed by atoms with van der Waals surface area (Å²) in [6, 6.07) is 10.7. The highest BCUT2D eigenvalue weighted by Gasteiger charge is 2.12. The number of hydrogen-bond donors (Lipinski definition) is 2. The minimum atomic E-state index is -0.789. The van der Waals surface area contributed by atoms with E-state index in [1.165, 1.54) is 24.3 Å². The molecule has 1 heterocycles. The average Bonchev–Trinajstić information content (AvgIpc) is 2.50. The Morgan fingerprint density at radius 3 is 2.48 bits per heavy atom. The Bertz CT molecular complexity index is 615. The molecule has 1 aromatic heterocycles. The minimum absolute atomic E-state index is 0.312. The molecule has 2 amide bonds. The molecular formula is C15H14FN3O2. The fraction of sp³-hybridized carbons (Fsp3) is 0.133. The Hall–Kier alpha value is -2.76. The lowest BCUT2D eigenvalue weighted by molar-refractivity contribution is -0.136. The first-order chi connectivity index (χ1) is 10.1. The van der Waals surface area contributed by atoms with Crippen molar-refractivity contribution in [2.75, 3.05) is 11.9 Å². The number of nitrogens with zero attached hydrogens (tertiary/aromatic N) is 1. The Morgan fingerprint density at radius 1 is 1.05 bits per heavy atom. The van der Waals surface area contributed by atoms with Crippen molar-refractivity contribution in [1.82, 2.24) is 10.3 Å². The lowest BCUT2D eigenvalue weighted by Crippen LogP contribution is -2.36. The smallest absolute Gasteiger partial charge is 0.313 e. The Morgan fingerprint density at radius 2 is 1.81 bits per heavy atom. The molecule has 21 heavy (non-hydrogen) atoms. The van der Waals surface area contributed by atoms with Crippen molar-refractivity contribution in [1.29, 1.82) is 0 Å². The third-order valence-electron chi connectivity index (χ3n) is 2.70. The first-order valence-corrected chi connectivity index (χ1v) is 6.40. The second-order valence-corrected chi connectivity index (χ2v) is 4.29. The minimum Gasteiger partial charge on any atom is -0.347 e. The zero-order valence-electron chi connectivity index (χ0n) is 11.2. The number of rotatable bonds is 4. The van der Waals surface area contributed by atoms with Gasteiger partial charge in [-0.3, -0.25) is 14.6 Å². The number of hydrogen-bond acceptors (Lipinski definition) is 3. The van der Waals surface area contributed by atoms with Crippen LogP contribution in [0.15, 0.2) is 48.7 Å². The molecule has 0 saturated carbocycles. The topological polar surface area (TPSA) is 71.1 Å². The van der Waals surface area contributed by atoms with Gasteiger partial charge in [0.05, 0.1) is 0 Å². The molecular weight excluding hydrogens is 273 g/mol. The number of amides is 2. The van der Waals surface area contributed by atoms with E-state index in [9.17, 15) is 14.0 Å². The van der Waals surface area contributed by atoms with E-state index in [-0.39, 0.29) is 0 Å². The molecule has 2 aromatic rings. The summed E-state index contributed by atoms with van der Waals surface area (Å²) in [5, 5.41) is 4.88. The zero-order chi connectivity index (χ0) is 15.1. The summed E-state index contributed by atoms with van der Waals surface area (Å²) in [6.07, 6.45) is 2.20. The summed E-state index contributed by atoms with van der Waals surface area (Å²) >= 11 is 0. The largest absolute Gasteiger partial charge is 0.347 e. The maximum absolute atomic E-state index is 12.7. The molecule has 2 rings (SSSR count). The van der Waals surface area contributed by atoms with Gasteiger partial charge in [-0.05, 0) is 36.4 Å². The lowest BCUT2D eigenvalue weighted by atomic mass is 10.2. The zero-order valence-corrected chi connectivity index (χ0v) is 11.2. The van der Waals surface area contributed by atoms with E-state index in [2.05, 4.69) is 15.6 Å². The van der Waals surface area contributed by atoms with Gasteiger partial charge in [0.2, 0.25) is 0 Å². The molecule has 0 aliphatic carbocycles. The number of carbonyl (C=O) groups excluding carboxylic acids is 2. The summed E-state index contributed by atoms with van der Waals surface area (Å²) in [5.41, 5.74) is 1.19. The van der Waals surface area contributed by atoms with Gasteiger partial charge in [0.1, 0.15) is 5.82 Å². The molecule has 6 heteroatoms. The third kappa shape index (κ3) is 4.68. The highest BCUT2D eigenvalue weighted by Crippen LogP contribution is 2.07.